The zero-order chi connectivity index (χ0) is 12.7. The first-order valence-corrected chi connectivity index (χ1v) is 6.80. The van der Waals surface area contributed by atoms with Gasteiger partial charge in [0.2, 0.25) is 0 Å². The van der Waals surface area contributed by atoms with Crippen molar-refractivity contribution in [3.8, 4) is 5.69 Å². The van der Waals surface area contributed by atoms with Crippen LogP contribution in [0, 0.1) is 0 Å². The van der Waals surface area contributed by atoms with Crippen molar-refractivity contribution in [3.05, 3.63) is 28.3 Å². The average Bonchev–Trinajstić information content (AvgIpc) is 2.97. The molecule has 0 fully saturated rings. The fourth-order valence-electron chi connectivity index (χ4n) is 1.63. The van der Waals surface area contributed by atoms with Crippen LogP contribution in [0.4, 0.5) is 11.4 Å². The van der Waals surface area contributed by atoms with E-state index in [0.717, 1.165) is 11.4 Å². The molecule has 1 aromatic heterocycles. The quantitative estimate of drug-likeness (QED) is 0.669. The van der Waals surface area contributed by atoms with E-state index in [1.165, 1.54) is 6.33 Å². The number of halogens is 3. The number of hydrogen-bond acceptors (Lipinski definition) is 4. The highest BCUT2D eigenvalue weighted by Crippen LogP contribution is 2.46. The number of aromatic nitrogens is 3. The van der Waals surface area contributed by atoms with Gasteiger partial charge in [0.05, 0.1) is 33.0 Å². The van der Waals surface area contributed by atoms with Crippen LogP contribution in [-0.4, -0.2) is 14.8 Å². The second kappa shape index (κ2) is 4.62. The Balaban J connectivity index is 2.32. The number of nitrogens with zero attached hydrogens (tertiary/aromatic N) is 5. The van der Waals surface area contributed by atoms with Gasteiger partial charge in [-0.15, -0.1) is 21.8 Å². The molecule has 3 rings (SSSR count). The Hall–Kier alpha value is -0.950. The van der Waals surface area contributed by atoms with Crippen LogP contribution in [0.3, 0.4) is 0 Å². The number of hydrogen-bond donors (Lipinski definition) is 0. The van der Waals surface area contributed by atoms with Crippen molar-refractivity contribution in [3.63, 3.8) is 0 Å². The van der Waals surface area contributed by atoms with Gasteiger partial charge >= 0.3 is 0 Å². The van der Waals surface area contributed by atoms with Crippen LogP contribution in [0.25, 0.3) is 5.69 Å². The predicted molar refractivity (Wildman–Crippen MR) is 72.5 cm³/mol. The third kappa shape index (κ3) is 1.76. The monoisotopic (exact) mass is 319 g/mol. The number of alkyl halides is 1. The molecule has 0 atom stereocenters. The molecule has 18 heavy (non-hydrogen) atoms. The summed E-state index contributed by atoms with van der Waals surface area (Å²) in [6.07, 6.45) is 1.53. The minimum Gasteiger partial charge on any atom is -0.281 e. The standard InChI is InChI=1S/C9H4Cl3N5S/c10-2-6-14-13-3-17(6)9-5(12)1-4(11)7-8(9)16-18-15-7/h1,3H,2H2. The molecule has 1 aromatic carbocycles. The summed E-state index contributed by atoms with van der Waals surface area (Å²) in [5.74, 6) is 0.799. The molecule has 0 aliphatic carbocycles. The fourth-order valence-corrected chi connectivity index (χ4v) is 3.01. The lowest BCUT2D eigenvalue weighted by Crippen LogP contribution is -1.99. The van der Waals surface area contributed by atoms with Gasteiger partial charge in [0.25, 0.3) is 0 Å². The summed E-state index contributed by atoms with van der Waals surface area (Å²) in [4.78, 5) is 0. The second-order valence-corrected chi connectivity index (χ2v) is 5.01. The first-order chi connectivity index (χ1) is 8.72. The Morgan fingerprint density at radius 3 is 2.72 bits per heavy atom. The van der Waals surface area contributed by atoms with Gasteiger partial charge in [0.1, 0.15) is 17.7 Å². The summed E-state index contributed by atoms with van der Waals surface area (Å²) in [5, 5.41) is 8.64. The molecule has 0 unspecified atom stereocenters. The molecule has 2 aromatic rings. The summed E-state index contributed by atoms with van der Waals surface area (Å²) in [6, 6.07) is 1.63. The van der Waals surface area contributed by atoms with E-state index in [9.17, 15) is 0 Å². The molecule has 1 aliphatic heterocycles. The van der Waals surface area contributed by atoms with Crippen molar-refractivity contribution in [2.24, 2.45) is 8.73 Å². The van der Waals surface area contributed by atoms with Gasteiger partial charge in [-0.05, 0) is 6.07 Å². The molecule has 0 radical (unpaired) electrons. The van der Waals surface area contributed by atoms with Crippen LogP contribution in [0.5, 0.6) is 0 Å². The molecule has 5 nitrogen and oxygen atoms in total. The van der Waals surface area contributed by atoms with Crippen molar-refractivity contribution in [2.75, 3.05) is 0 Å². The van der Waals surface area contributed by atoms with E-state index in [-0.39, 0.29) is 5.88 Å². The van der Waals surface area contributed by atoms with Crippen molar-refractivity contribution in [2.45, 2.75) is 5.88 Å². The van der Waals surface area contributed by atoms with Crippen LogP contribution in [-0.2, 0) is 17.2 Å². The third-order valence-corrected chi connectivity index (χ3v) is 3.74. The van der Waals surface area contributed by atoms with E-state index in [1.807, 2.05) is 0 Å². The lowest BCUT2D eigenvalue weighted by molar-refractivity contribution is 0.951. The maximum atomic E-state index is 6.22. The minimum absolute atomic E-state index is 0.220. The molecule has 0 N–H and O–H groups in total. The summed E-state index contributed by atoms with van der Waals surface area (Å²) >= 11 is 19.2. The van der Waals surface area contributed by atoms with Crippen molar-refractivity contribution < 1.29 is 0 Å². The summed E-state index contributed by atoms with van der Waals surface area (Å²) < 4.78 is 10.0. The van der Waals surface area contributed by atoms with Crippen LogP contribution in [0.15, 0.2) is 21.1 Å². The normalized spacial score (nSPS) is 12.6. The molecule has 0 saturated heterocycles. The minimum atomic E-state index is 0.220. The topological polar surface area (TPSA) is 55.4 Å². The molecular formula is C9H4Cl3N5S. The Labute approximate surface area is 121 Å². The Morgan fingerprint density at radius 2 is 1.94 bits per heavy atom. The van der Waals surface area contributed by atoms with Gasteiger partial charge < -0.3 is 0 Å². The molecule has 9 heteroatoms. The zero-order valence-electron chi connectivity index (χ0n) is 8.64. The van der Waals surface area contributed by atoms with Gasteiger partial charge in [-0.25, -0.2) is 0 Å². The van der Waals surface area contributed by atoms with E-state index in [2.05, 4.69) is 18.9 Å². The molecule has 0 saturated carbocycles. The van der Waals surface area contributed by atoms with Crippen LogP contribution < -0.4 is 0 Å². The molecule has 0 spiro atoms. The Morgan fingerprint density at radius 1 is 1.17 bits per heavy atom. The van der Waals surface area contributed by atoms with Crippen molar-refractivity contribution in [1.29, 1.82) is 0 Å². The van der Waals surface area contributed by atoms with Gasteiger partial charge in [0.15, 0.2) is 5.82 Å². The number of fused-ring (bicyclic) bond motifs is 1. The second-order valence-electron chi connectivity index (χ2n) is 3.40. The third-order valence-electron chi connectivity index (χ3n) is 2.40. The molecular weight excluding hydrogens is 317 g/mol. The van der Waals surface area contributed by atoms with Gasteiger partial charge in [0, 0.05) is 0 Å². The Kier molecular flexibility index (Phi) is 3.11. The van der Waals surface area contributed by atoms with Gasteiger partial charge in [-0.3, -0.25) is 4.57 Å². The first-order valence-electron chi connectivity index (χ1n) is 4.78. The lowest BCUT2D eigenvalue weighted by Gasteiger charge is -2.11. The summed E-state index contributed by atoms with van der Waals surface area (Å²) in [5.41, 5.74) is 1.87. The van der Waals surface area contributed by atoms with Crippen molar-refractivity contribution in [1.82, 2.24) is 14.8 Å². The lowest BCUT2D eigenvalue weighted by atomic mass is 10.2. The van der Waals surface area contributed by atoms with Crippen LogP contribution in [0.1, 0.15) is 5.82 Å². The highest BCUT2D eigenvalue weighted by molar-refractivity contribution is 7.58. The Bertz CT molecular complexity index is 704. The van der Waals surface area contributed by atoms with Crippen molar-refractivity contribution >= 4 is 57.5 Å². The summed E-state index contributed by atoms with van der Waals surface area (Å²) in [6.45, 7) is 0. The highest BCUT2D eigenvalue weighted by Gasteiger charge is 2.21. The molecule has 92 valence electrons. The largest absolute Gasteiger partial charge is 0.281 e. The SMILES string of the molecule is ClCc1nncn1-c1c(Cl)cc(Cl)c2c1N=S=N2. The summed E-state index contributed by atoms with van der Waals surface area (Å²) in [7, 11) is 0. The van der Waals surface area contributed by atoms with Gasteiger partial charge in [-0.1, -0.05) is 23.2 Å². The first kappa shape index (κ1) is 12.1. The van der Waals surface area contributed by atoms with Crippen LogP contribution in [0.2, 0.25) is 10.0 Å². The van der Waals surface area contributed by atoms with E-state index in [1.54, 1.807) is 10.6 Å². The molecule has 1 aliphatic rings. The van der Waals surface area contributed by atoms with E-state index in [0.29, 0.717) is 32.9 Å². The van der Waals surface area contributed by atoms with Crippen LogP contribution >= 0.6 is 34.8 Å². The predicted octanol–water partition coefficient (Wildman–Crippen LogP) is 4.04. The van der Waals surface area contributed by atoms with Gasteiger partial charge in [-0.2, -0.15) is 8.73 Å². The number of benzene rings is 1. The number of rotatable bonds is 2. The molecule has 0 amide bonds. The van der Waals surface area contributed by atoms with E-state index in [4.69, 9.17) is 34.8 Å². The highest BCUT2D eigenvalue weighted by atomic mass is 35.5. The fraction of sp³-hybridized carbons (Fsp3) is 0.111. The van der Waals surface area contributed by atoms with E-state index < -0.39 is 0 Å². The molecule has 0 bridgehead atoms. The smallest absolute Gasteiger partial charge is 0.152 e. The average molecular weight is 321 g/mol. The zero-order valence-corrected chi connectivity index (χ0v) is 11.7. The maximum absolute atomic E-state index is 6.22. The molecule has 2 heterocycles. The van der Waals surface area contributed by atoms with E-state index >= 15 is 0 Å². The maximum Gasteiger partial charge on any atom is 0.152 e.